The van der Waals surface area contributed by atoms with Gasteiger partial charge in [0.1, 0.15) is 5.75 Å². The van der Waals surface area contributed by atoms with Gasteiger partial charge >= 0.3 is 0 Å². The zero-order valence-electron chi connectivity index (χ0n) is 9.10. The summed E-state index contributed by atoms with van der Waals surface area (Å²) in [7, 11) is 1.71. The van der Waals surface area contributed by atoms with Gasteiger partial charge in [-0.2, -0.15) is 0 Å². The standard InChI is InChI=1S/C11H16BrNO/c1-7(2)9-6-13-10(5-12)8(3)11(9)14-4/h6-7H,5H2,1-4H3. The van der Waals surface area contributed by atoms with E-state index >= 15 is 0 Å². The van der Waals surface area contributed by atoms with Crippen molar-refractivity contribution in [2.24, 2.45) is 0 Å². The number of halogens is 1. The topological polar surface area (TPSA) is 22.1 Å². The van der Waals surface area contributed by atoms with E-state index in [-0.39, 0.29) is 0 Å². The molecule has 1 rings (SSSR count). The third-order valence-electron chi connectivity index (χ3n) is 2.35. The Hall–Kier alpha value is -0.570. The van der Waals surface area contributed by atoms with Crippen LogP contribution < -0.4 is 4.74 Å². The molecule has 1 aromatic rings. The predicted molar refractivity (Wildman–Crippen MR) is 62.2 cm³/mol. The van der Waals surface area contributed by atoms with E-state index in [2.05, 4.69) is 34.8 Å². The van der Waals surface area contributed by atoms with Crippen molar-refractivity contribution in [2.75, 3.05) is 7.11 Å². The molecule has 0 saturated carbocycles. The number of ether oxygens (including phenoxy) is 1. The number of alkyl halides is 1. The molecular weight excluding hydrogens is 242 g/mol. The van der Waals surface area contributed by atoms with Gasteiger partial charge in [0.15, 0.2) is 0 Å². The Balaban J connectivity index is 3.28. The Kier molecular flexibility index (Phi) is 3.93. The van der Waals surface area contributed by atoms with Crippen LogP contribution in [-0.4, -0.2) is 12.1 Å². The number of rotatable bonds is 3. The molecule has 0 amide bonds. The summed E-state index contributed by atoms with van der Waals surface area (Å²) in [4.78, 5) is 4.40. The Morgan fingerprint density at radius 1 is 1.50 bits per heavy atom. The van der Waals surface area contributed by atoms with Crippen molar-refractivity contribution < 1.29 is 4.74 Å². The van der Waals surface area contributed by atoms with Gasteiger partial charge in [-0.05, 0) is 12.8 Å². The molecule has 0 aliphatic heterocycles. The normalized spacial score (nSPS) is 10.7. The van der Waals surface area contributed by atoms with E-state index in [1.807, 2.05) is 13.1 Å². The summed E-state index contributed by atoms with van der Waals surface area (Å²) in [6, 6.07) is 0. The van der Waals surface area contributed by atoms with E-state index < -0.39 is 0 Å². The number of pyridine rings is 1. The van der Waals surface area contributed by atoms with Crippen LogP contribution in [0.1, 0.15) is 36.6 Å². The van der Waals surface area contributed by atoms with Crippen LogP contribution >= 0.6 is 15.9 Å². The zero-order chi connectivity index (χ0) is 10.7. The zero-order valence-corrected chi connectivity index (χ0v) is 10.7. The molecule has 1 aromatic heterocycles. The fraction of sp³-hybridized carbons (Fsp3) is 0.545. The number of aromatic nitrogens is 1. The van der Waals surface area contributed by atoms with Crippen molar-refractivity contribution in [1.29, 1.82) is 0 Å². The number of hydrogen-bond donors (Lipinski definition) is 0. The third-order valence-corrected chi connectivity index (χ3v) is 2.88. The lowest BCUT2D eigenvalue weighted by atomic mass is 10.0. The van der Waals surface area contributed by atoms with Gasteiger partial charge in [-0.15, -0.1) is 0 Å². The van der Waals surface area contributed by atoms with E-state index in [9.17, 15) is 0 Å². The van der Waals surface area contributed by atoms with E-state index in [4.69, 9.17) is 4.74 Å². The highest BCUT2D eigenvalue weighted by molar-refractivity contribution is 9.08. The summed E-state index contributed by atoms with van der Waals surface area (Å²) in [6.45, 7) is 6.34. The molecule has 0 saturated heterocycles. The molecule has 0 bridgehead atoms. The second kappa shape index (κ2) is 4.78. The highest BCUT2D eigenvalue weighted by Crippen LogP contribution is 2.30. The van der Waals surface area contributed by atoms with Gasteiger partial charge in [-0.3, -0.25) is 4.98 Å². The highest BCUT2D eigenvalue weighted by atomic mass is 79.9. The van der Waals surface area contributed by atoms with Crippen molar-refractivity contribution in [1.82, 2.24) is 4.98 Å². The minimum Gasteiger partial charge on any atom is -0.496 e. The highest BCUT2D eigenvalue weighted by Gasteiger charge is 2.13. The first-order chi connectivity index (χ1) is 6.61. The molecule has 0 fully saturated rings. The van der Waals surface area contributed by atoms with Crippen LogP contribution in [-0.2, 0) is 5.33 Å². The third kappa shape index (κ3) is 2.08. The molecule has 0 unspecified atom stereocenters. The second-order valence-corrected chi connectivity index (χ2v) is 4.17. The Bertz CT molecular complexity index is 323. The summed E-state index contributed by atoms with van der Waals surface area (Å²) in [5.74, 6) is 1.42. The second-order valence-electron chi connectivity index (χ2n) is 3.61. The molecule has 3 heteroatoms. The smallest absolute Gasteiger partial charge is 0.128 e. The largest absolute Gasteiger partial charge is 0.496 e. The molecule has 0 aliphatic rings. The lowest BCUT2D eigenvalue weighted by Crippen LogP contribution is -2.01. The Labute approximate surface area is 93.8 Å². The molecule has 0 aliphatic carbocycles. The average Bonchev–Trinajstić information content (AvgIpc) is 2.17. The molecular formula is C11H16BrNO. The summed E-state index contributed by atoms with van der Waals surface area (Å²) < 4.78 is 5.42. The van der Waals surface area contributed by atoms with Gasteiger partial charge in [0.2, 0.25) is 0 Å². The fourth-order valence-corrected chi connectivity index (χ4v) is 2.03. The Morgan fingerprint density at radius 2 is 2.14 bits per heavy atom. The van der Waals surface area contributed by atoms with Crippen molar-refractivity contribution in [3.8, 4) is 5.75 Å². The molecule has 1 heterocycles. The van der Waals surface area contributed by atoms with Gasteiger partial charge in [0.25, 0.3) is 0 Å². The summed E-state index contributed by atoms with van der Waals surface area (Å²) >= 11 is 3.42. The molecule has 0 radical (unpaired) electrons. The van der Waals surface area contributed by atoms with Crippen LogP contribution in [0.5, 0.6) is 5.75 Å². The number of hydrogen-bond acceptors (Lipinski definition) is 2. The van der Waals surface area contributed by atoms with Crippen molar-refractivity contribution in [2.45, 2.75) is 32.0 Å². The van der Waals surface area contributed by atoms with Crippen molar-refractivity contribution in [3.63, 3.8) is 0 Å². The van der Waals surface area contributed by atoms with E-state index in [1.165, 1.54) is 5.56 Å². The van der Waals surface area contributed by atoms with Gasteiger partial charge in [0.05, 0.1) is 12.8 Å². The van der Waals surface area contributed by atoms with Gasteiger partial charge < -0.3 is 4.74 Å². The lowest BCUT2D eigenvalue weighted by molar-refractivity contribution is 0.403. The molecule has 0 aromatic carbocycles. The maximum Gasteiger partial charge on any atom is 0.128 e. The summed E-state index contributed by atoms with van der Waals surface area (Å²) in [5.41, 5.74) is 3.36. The molecule has 0 N–H and O–H groups in total. The molecule has 2 nitrogen and oxygen atoms in total. The molecule has 0 atom stereocenters. The fourth-order valence-electron chi connectivity index (χ4n) is 1.47. The maximum absolute atomic E-state index is 5.42. The summed E-state index contributed by atoms with van der Waals surface area (Å²) in [5, 5.41) is 0.771. The van der Waals surface area contributed by atoms with Crippen LogP contribution in [0, 0.1) is 6.92 Å². The van der Waals surface area contributed by atoms with Gasteiger partial charge in [-0.25, -0.2) is 0 Å². The molecule has 14 heavy (non-hydrogen) atoms. The first-order valence-electron chi connectivity index (χ1n) is 4.70. The van der Waals surface area contributed by atoms with Crippen LogP contribution in [0.3, 0.4) is 0 Å². The minimum absolute atomic E-state index is 0.445. The lowest BCUT2D eigenvalue weighted by Gasteiger charge is -2.15. The first kappa shape index (κ1) is 11.5. The number of methoxy groups -OCH3 is 1. The monoisotopic (exact) mass is 257 g/mol. The minimum atomic E-state index is 0.445. The Morgan fingerprint density at radius 3 is 2.57 bits per heavy atom. The predicted octanol–water partition coefficient (Wildman–Crippen LogP) is 3.42. The molecule has 78 valence electrons. The van der Waals surface area contributed by atoms with Crippen LogP contribution in [0.25, 0.3) is 0 Å². The SMILES string of the molecule is COc1c(C(C)C)cnc(CBr)c1C. The van der Waals surface area contributed by atoms with Crippen molar-refractivity contribution >= 4 is 15.9 Å². The molecule has 0 spiro atoms. The average molecular weight is 258 g/mol. The van der Waals surface area contributed by atoms with Crippen LogP contribution in [0.15, 0.2) is 6.20 Å². The quantitative estimate of drug-likeness (QED) is 0.775. The first-order valence-corrected chi connectivity index (χ1v) is 5.82. The van der Waals surface area contributed by atoms with E-state index in [0.717, 1.165) is 22.3 Å². The van der Waals surface area contributed by atoms with Crippen LogP contribution in [0.4, 0.5) is 0 Å². The van der Waals surface area contributed by atoms with Gasteiger partial charge in [-0.1, -0.05) is 29.8 Å². The number of nitrogens with zero attached hydrogens (tertiary/aromatic N) is 1. The maximum atomic E-state index is 5.42. The van der Waals surface area contributed by atoms with Crippen LogP contribution in [0.2, 0.25) is 0 Å². The van der Waals surface area contributed by atoms with Crippen molar-refractivity contribution in [3.05, 3.63) is 23.0 Å². The van der Waals surface area contributed by atoms with E-state index in [0.29, 0.717) is 5.92 Å². The van der Waals surface area contributed by atoms with E-state index in [1.54, 1.807) is 7.11 Å². The van der Waals surface area contributed by atoms with Gasteiger partial charge in [0, 0.05) is 22.7 Å². The summed E-state index contributed by atoms with van der Waals surface area (Å²) in [6.07, 6.45) is 1.91.